The van der Waals surface area contributed by atoms with E-state index in [2.05, 4.69) is 33.8 Å². The molecule has 0 aromatic carbocycles. The molecule has 12 heavy (non-hydrogen) atoms. The number of rotatable bonds is 6. The lowest BCUT2D eigenvalue weighted by atomic mass is 10.0. The van der Waals surface area contributed by atoms with Crippen molar-refractivity contribution in [3.05, 3.63) is 18.6 Å². The van der Waals surface area contributed by atoms with Gasteiger partial charge in [0.1, 0.15) is 0 Å². The van der Waals surface area contributed by atoms with Gasteiger partial charge in [0, 0.05) is 0 Å². The Morgan fingerprint density at radius 3 is 2.50 bits per heavy atom. The summed E-state index contributed by atoms with van der Waals surface area (Å²) in [6.07, 6.45) is 9.08. The molecule has 0 fully saturated rings. The van der Waals surface area contributed by atoms with Crippen molar-refractivity contribution < 1.29 is 0 Å². The highest BCUT2D eigenvalue weighted by Gasteiger charge is 1.96. The fourth-order valence-electron chi connectivity index (χ4n) is 1.46. The smallest absolute Gasteiger partial charge is 0.0259 e. The fraction of sp³-hybridized carbons (Fsp3) is 0.750. The molecule has 0 rings (SSSR count). The summed E-state index contributed by atoms with van der Waals surface area (Å²) in [6, 6.07) is 0. The highest BCUT2D eigenvalue weighted by Crippen LogP contribution is 2.12. The monoisotopic (exact) mass is 167 g/mol. The lowest BCUT2D eigenvalue weighted by Gasteiger charge is -2.05. The molecule has 0 aliphatic carbocycles. The van der Waals surface area contributed by atoms with Gasteiger partial charge in [-0.15, -0.1) is 0 Å². The van der Waals surface area contributed by atoms with Gasteiger partial charge < -0.3 is 0 Å². The Bertz CT molecular complexity index is 118. The quantitative estimate of drug-likeness (QED) is 0.515. The van der Waals surface area contributed by atoms with Crippen molar-refractivity contribution in [2.75, 3.05) is 0 Å². The standard InChI is InChI=1S/C12H23/c1-5-6-7-8-9-12(4)10-11(2)3/h10,12H,2,5-9H2,1,3-4H3/b11-10-. The van der Waals surface area contributed by atoms with Crippen molar-refractivity contribution in [2.45, 2.75) is 52.9 Å². The molecular weight excluding hydrogens is 144 g/mol. The van der Waals surface area contributed by atoms with Crippen LogP contribution in [0.3, 0.4) is 0 Å². The summed E-state index contributed by atoms with van der Waals surface area (Å²) >= 11 is 0. The van der Waals surface area contributed by atoms with Crippen molar-refractivity contribution in [1.29, 1.82) is 0 Å². The Labute approximate surface area is 78.1 Å². The van der Waals surface area contributed by atoms with Gasteiger partial charge in [-0.05, 0) is 26.2 Å². The molecule has 0 amide bonds. The molecule has 1 atom stereocenters. The van der Waals surface area contributed by atoms with Gasteiger partial charge in [0.25, 0.3) is 0 Å². The molecule has 71 valence electrons. The van der Waals surface area contributed by atoms with Crippen LogP contribution in [-0.2, 0) is 0 Å². The van der Waals surface area contributed by atoms with E-state index in [0.717, 1.165) is 5.92 Å². The second kappa shape index (κ2) is 7.39. The third-order valence-corrected chi connectivity index (χ3v) is 2.08. The maximum atomic E-state index is 3.88. The average Bonchev–Trinajstić information content (AvgIpc) is 1.97. The molecule has 0 aliphatic heterocycles. The fourth-order valence-corrected chi connectivity index (χ4v) is 1.46. The van der Waals surface area contributed by atoms with Crippen LogP contribution >= 0.6 is 0 Å². The third kappa shape index (κ3) is 7.84. The van der Waals surface area contributed by atoms with Gasteiger partial charge in [-0.3, -0.25) is 0 Å². The minimum atomic E-state index is 0.722. The molecule has 1 radical (unpaired) electrons. The second-order valence-electron chi connectivity index (χ2n) is 3.84. The number of unbranched alkanes of at least 4 members (excludes halogenated alkanes) is 3. The zero-order valence-corrected chi connectivity index (χ0v) is 8.90. The molecule has 0 saturated carbocycles. The van der Waals surface area contributed by atoms with E-state index in [1.54, 1.807) is 0 Å². The molecule has 0 spiro atoms. The summed E-state index contributed by atoms with van der Waals surface area (Å²) in [5.74, 6) is 0.722. The van der Waals surface area contributed by atoms with Gasteiger partial charge in [-0.2, -0.15) is 0 Å². The van der Waals surface area contributed by atoms with Gasteiger partial charge in [-0.1, -0.05) is 51.2 Å². The van der Waals surface area contributed by atoms with Gasteiger partial charge in [-0.25, -0.2) is 0 Å². The van der Waals surface area contributed by atoms with E-state index in [9.17, 15) is 0 Å². The van der Waals surface area contributed by atoms with Crippen LogP contribution in [0.5, 0.6) is 0 Å². The Morgan fingerprint density at radius 1 is 1.33 bits per heavy atom. The first-order valence-corrected chi connectivity index (χ1v) is 5.17. The first-order chi connectivity index (χ1) is 5.66. The summed E-state index contributed by atoms with van der Waals surface area (Å²) in [7, 11) is 0. The molecule has 0 heterocycles. The van der Waals surface area contributed by atoms with E-state index < -0.39 is 0 Å². The summed E-state index contributed by atoms with van der Waals surface area (Å²) in [6.45, 7) is 10.5. The predicted octanol–water partition coefficient (Wildman–Crippen LogP) is 4.37. The van der Waals surface area contributed by atoms with Crippen molar-refractivity contribution in [1.82, 2.24) is 0 Å². The van der Waals surface area contributed by atoms with Gasteiger partial charge >= 0.3 is 0 Å². The van der Waals surface area contributed by atoms with Crippen LogP contribution < -0.4 is 0 Å². The van der Waals surface area contributed by atoms with Crippen LogP contribution in [0.4, 0.5) is 0 Å². The van der Waals surface area contributed by atoms with Crippen molar-refractivity contribution >= 4 is 0 Å². The van der Waals surface area contributed by atoms with E-state index >= 15 is 0 Å². The predicted molar refractivity (Wildman–Crippen MR) is 57.0 cm³/mol. The van der Waals surface area contributed by atoms with Crippen LogP contribution in [0.25, 0.3) is 0 Å². The topological polar surface area (TPSA) is 0 Å². The second-order valence-corrected chi connectivity index (χ2v) is 3.84. The van der Waals surface area contributed by atoms with Gasteiger partial charge in [0.2, 0.25) is 0 Å². The Balaban J connectivity index is 3.32. The zero-order chi connectivity index (χ0) is 9.40. The molecule has 0 nitrogen and oxygen atoms in total. The molecule has 0 saturated heterocycles. The summed E-state index contributed by atoms with van der Waals surface area (Å²) in [5, 5.41) is 0. The number of hydrogen-bond donors (Lipinski definition) is 0. The Morgan fingerprint density at radius 2 is 2.00 bits per heavy atom. The maximum absolute atomic E-state index is 3.88. The van der Waals surface area contributed by atoms with Crippen LogP contribution in [0.1, 0.15) is 52.9 Å². The highest BCUT2D eigenvalue weighted by molar-refractivity contribution is 5.02. The van der Waals surface area contributed by atoms with Crippen LogP contribution in [0, 0.1) is 12.8 Å². The van der Waals surface area contributed by atoms with E-state index in [1.807, 2.05) is 0 Å². The number of allylic oxidation sites excluding steroid dienone is 2. The summed E-state index contributed by atoms with van der Waals surface area (Å²) in [5.41, 5.74) is 1.21. The van der Waals surface area contributed by atoms with Crippen molar-refractivity contribution in [2.24, 2.45) is 5.92 Å². The lowest BCUT2D eigenvalue weighted by Crippen LogP contribution is -1.90. The molecule has 0 N–H and O–H groups in total. The molecule has 0 bridgehead atoms. The Kier molecular flexibility index (Phi) is 7.23. The molecule has 0 aliphatic rings. The number of hydrogen-bond acceptors (Lipinski definition) is 0. The molecule has 0 aromatic heterocycles. The molecule has 0 aromatic rings. The Hall–Kier alpha value is -0.260. The van der Waals surface area contributed by atoms with Crippen LogP contribution in [-0.4, -0.2) is 0 Å². The van der Waals surface area contributed by atoms with Gasteiger partial charge in [0.05, 0.1) is 0 Å². The maximum Gasteiger partial charge on any atom is -0.0259 e. The van der Waals surface area contributed by atoms with E-state index in [4.69, 9.17) is 0 Å². The molecule has 0 heteroatoms. The summed E-state index contributed by atoms with van der Waals surface area (Å²) < 4.78 is 0. The van der Waals surface area contributed by atoms with Gasteiger partial charge in [0.15, 0.2) is 0 Å². The minimum absolute atomic E-state index is 0.722. The molecular formula is C12H23. The summed E-state index contributed by atoms with van der Waals surface area (Å²) in [4.78, 5) is 0. The first kappa shape index (κ1) is 11.7. The van der Waals surface area contributed by atoms with Crippen LogP contribution in [0.15, 0.2) is 11.6 Å². The van der Waals surface area contributed by atoms with Crippen molar-refractivity contribution in [3.8, 4) is 0 Å². The molecule has 1 unspecified atom stereocenters. The largest absolute Gasteiger partial charge is 0.0828 e. The normalized spacial score (nSPS) is 14.8. The zero-order valence-electron chi connectivity index (χ0n) is 8.90. The van der Waals surface area contributed by atoms with E-state index in [0.29, 0.717) is 0 Å². The minimum Gasteiger partial charge on any atom is -0.0828 e. The first-order valence-electron chi connectivity index (χ1n) is 5.17. The van der Waals surface area contributed by atoms with E-state index in [1.165, 1.54) is 37.7 Å². The van der Waals surface area contributed by atoms with Crippen LogP contribution in [0.2, 0.25) is 0 Å². The lowest BCUT2D eigenvalue weighted by molar-refractivity contribution is 0.560. The SMILES string of the molecule is [CH2]/C(C)=C/C(C)CCCCCC. The van der Waals surface area contributed by atoms with Crippen molar-refractivity contribution in [3.63, 3.8) is 0 Å². The van der Waals surface area contributed by atoms with E-state index in [-0.39, 0.29) is 0 Å². The average molecular weight is 167 g/mol. The third-order valence-electron chi connectivity index (χ3n) is 2.08. The highest BCUT2D eigenvalue weighted by atomic mass is 14.0.